The Morgan fingerprint density at radius 3 is 2.43 bits per heavy atom. The van der Waals surface area contributed by atoms with Gasteiger partial charge in [-0.1, -0.05) is 78.5 Å². The number of hydrogen-bond donors (Lipinski definition) is 1. The second-order valence-electron chi connectivity index (χ2n) is 11.0. The van der Waals surface area contributed by atoms with Gasteiger partial charge in [-0.25, -0.2) is 14.2 Å². The van der Waals surface area contributed by atoms with E-state index in [9.17, 15) is 18.8 Å². The maximum atomic E-state index is 13.9. The molecule has 0 radical (unpaired) electrons. The molecule has 0 spiro atoms. The van der Waals surface area contributed by atoms with E-state index in [0.29, 0.717) is 41.7 Å². The lowest BCUT2D eigenvalue weighted by Gasteiger charge is -2.23. The molecule has 240 valence electrons. The molecule has 1 N–H and O–H groups in total. The fourth-order valence-corrected chi connectivity index (χ4v) is 6.61. The Hall–Kier alpha value is -5.16. The molecule has 0 saturated carbocycles. The van der Waals surface area contributed by atoms with Gasteiger partial charge in [0.05, 0.1) is 12.2 Å². The smallest absolute Gasteiger partial charge is 0.410 e. The highest BCUT2D eigenvalue weighted by Crippen LogP contribution is 2.40. The summed E-state index contributed by atoms with van der Waals surface area (Å²) in [5.74, 6) is -0.199. The minimum absolute atomic E-state index is 0.135. The third kappa shape index (κ3) is 7.98. The highest BCUT2D eigenvalue weighted by molar-refractivity contribution is 8.15. The molecular formula is C36H33FN4O5S. The van der Waals surface area contributed by atoms with E-state index in [1.54, 1.807) is 41.3 Å². The Morgan fingerprint density at radius 1 is 0.936 bits per heavy atom. The van der Waals surface area contributed by atoms with Gasteiger partial charge in [-0.2, -0.15) is 0 Å². The van der Waals surface area contributed by atoms with Crippen molar-refractivity contribution in [1.29, 1.82) is 0 Å². The summed E-state index contributed by atoms with van der Waals surface area (Å²) in [6.45, 7) is 1.08. The lowest BCUT2D eigenvalue weighted by atomic mass is 10.1. The third-order valence-corrected chi connectivity index (χ3v) is 9.01. The van der Waals surface area contributed by atoms with Crippen molar-refractivity contribution in [2.75, 3.05) is 25.0 Å². The zero-order valence-corrected chi connectivity index (χ0v) is 26.3. The molecule has 2 atom stereocenters. The number of anilines is 1. The summed E-state index contributed by atoms with van der Waals surface area (Å²) >= 11 is 1.28. The zero-order chi connectivity index (χ0) is 32.6. The summed E-state index contributed by atoms with van der Waals surface area (Å²) in [6, 6.07) is 31.0. The van der Waals surface area contributed by atoms with Crippen LogP contribution in [0.15, 0.2) is 114 Å². The Kier molecular flexibility index (Phi) is 10.1. The summed E-state index contributed by atoms with van der Waals surface area (Å²) < 4.78 is 25.2. The third-order valence-electron chi connectivity index (χ3n) is 7.78. The van der Waals surface area contributed by atoms with E-state index >= 15 is 0 Å². The number of thioether (sulfide) groups is 1. The number of amidine groups is 1. The van der Waals surface area contributed by atoms with E-state index < -0.39 is 23.2 Å². The first kappa shape index (κ1) is 31.8. The van der Waals surface area contributed by atoms with E-state index in [0.717, 1.165) is 11.1 Å². The molecule has 0 aromatic heterocycles. The molecule has 0 bridgehead atoms. The minimum Gasteiger partial charge on any atom is -0.492 e. The van der Waals surface area contributed by atoms with Crippen molar-refractivity contribution < 1.29 is 28.2 Å². The van der Waals surface area contributed by atoms with Crippen LogP contribution in [0.25, 0.3) is 0 Å². The molecule has 4 aromatic carbocycles. The van der Waals surface area contributed by atoms with Gasteiger partial charge >= 0.3 is 6.09 Å². The number of carbonyl (C=O) groups excluding carboxylic acids is 3. The van der Waals surface area contributed by atoms with Gasteiger partial charge in [-0.15, -0.1) is 0 Å². The van der Waals surface area contributed by atoms with Crippen LogP contribution in [-0.4, -0.2) is 58.6 Å². The lowest BCUT2D eigenvalue weighted by molar-refractivity contribution is -0.126. The number of halogens is 1. The fourth-order valence-electron chi connectivity index (χ4n) is 5.41. The van der Waals surface area contributed by atoms with Crippen LogP contribution in [0.2, 0.25) is 0 Å². The van der Waals surface area contributed by atoms with E-state index in [1.807, 2.05) is 60.7 Å². The van der Waals surface area contributed by atoms with E-state index in [-0.39, 0.29) is 31.6 Å². The number of nitrogens with one attached hydrogen (secondary N) is 1. The number of amides is 3. The summed E-state index contributed by atoms with van der Waals surface area (Å²) in [6.07, 6.45) is 0.715. The van der Waals surface area contributed by atoms with Crippen LogP contribution in [0.3, 0.4) is 0 Å². The second kappa shape index (κ2) is 15.0. The van der Waals surface area contributed by atoms with Crippen LogP contribution < -0.4 is 10.1 Å². The Balaban J connectivity index is 1.10. The molecule has 6 rings (SSSR count). The summed E-state index contributed by atoms with van der Waals surface area (Å²) in [4.78, 5) is 47.3. The van der Waals surface area contributed by atoms with Crippen LogP contribution in [-0.2, 0) is 20.9 Å². The highest BCUT2D eigenvalue weighted by Gasteiger charge is 2.39. The SMILES string of the molecule is O=C(Nc1ccc(C2SC(=Nc3cccc(F)c3)N(CCOc3ccccc3)C2=O)cc1)[C@H]1CCCN1C(=O)OCc1ccccc1. The highest BCUT2D eigenvalue weighted by atomic mass is 32.2. The number of nitrogens with zero attached hydrogens (tertiary/aromatic N) is 3. The molecule has 2 aliphatic rings. The molecule has 47 heavy (non-hydrogen) atoms. The average molecular weight is 653 g/mol. The standard InChI is InChI=1S/C36H33FN4O5S/c37-27-11-7-12-29(23-27)39-35-41(21-22-45-30-13-5-2-6-14-30)34(43)32(47-35)26-16-18-28(19-17-26)38-33(42)31-15-8-20-40(31)36(44)46-24-25-9-3-1-4-10-25/h1-7,9-14,16-19,23,31-32H,8,15,20-22,24H2,(H,38,42)/t31-,32?/m1/s1. The van der Waals surface area contributed by atoms with Crippen LogP contribution in [0.5, 0.6) is 5.75 Å². The van der Waals surface area contributed by atoms with Gasteiger partial charge in [0, 0.05) is 12.2 Å². The largest absolute Gasteiger partial charge is 0.492 e. The fraction of sp³-hybridized carbons (Fsp3) is 0.222. The predicted molar refractivity (Wildman–Crippen MR) is 179 cm³/mol. The topological polar surface area (TPSA) is 101 Å². The van der Waals surface area contributed by atoms with Gasteiger partial charge in [0.15, 0.2) is 5.17 Å². The first-order chi connectivity index (χ1) is 22.9. The van der Waals surface area contributed by atoms with Crippen molar-refractivity contribution in [2.24, 2.45) is 4.99 Å². The number of para-hydroxylation sites is 1. The van der Waals surface area contributed by atoms with E-state index in [2.05, 4.69) is 10.3 Å². The predicted octanol–water partition coefficient (Wildman–Crippen LogP) is 6.95. The van der Waals surface area contributed by atoms with Gasteiger partial charge in [-0.05, 0) is 66.4 Å². The molecule has 1 unspecified atom stereocenters. The number of likely N-dealkylation sites (tertiary alicyclic amines) is 1. The summed E-state index contributed by atoms with van der Waals surface area (Å²) in [7, 11) is 0. The normalized spacial score (nSPS) is 18.4. The van der Waals surface area contributed by atoms with Crippen LogP contribution in [0, 0.1) is 5.82 Å². The minimum atomic E-state index is -0.641. The first-order valence-corrected chi connectivity index (χ1v) is 16.2. The van der Waals surface area contributed by atoms with Crippen LogP contribution in [0.1, 0.15) is 29.2 Å². The molecule has 4 aromatic rings. The van der Waals surface area contributed by atoms with Crippen LogP contribution in [0.4, 0.5) is 20.6 Å². The molecule has 2 aliphatic heterocycles. The molecule has 9 nitrogen and oxygen atoms in total. The van der Waals surface area contributed by atoms with Crippen molar-refractivity contribution in [3.05, 3.63) is 126 Å². The second-order valence-corrected chi connectivity index (χ2v) is 12.1. The molecule has 0 aliphatic carbocycles. The maximum absolute atomic E-state index is 13.9. The van der Waals surface area contributed by atoms with Crippen molar-refractivity contribution in [3.63, 3.8) is 0 Å². The van der Waals surface area contributed by atoms with Crippen molar-refractivity contribution in [3.8, 4) is 5.75 Å². The molecular weight excluding hydrogens is 619 g/mol. The van der Waals surface area contributed by atoms with Gasteiger partial charge in [0.2, 0.25) is 11.8 Å². The molecule has 2 heterocycles. The Labute approximate surface area is 276 Å². The number of rotatable bonds is 10. The number of ether oxygens (including phenoxy) is 2. The number of benzene rings is 4. The van der Waals surface area contributed by atoms with Crippen molar-refractivity contribution in [1.82, 2.24) is 9.80 Å². The molecule has 11 heteroatoms. The molecule has 2 fully saturated rings. The Bertz CT molecular complexity index is 1740. The van der Waals surface area contributed by atoms with Crippen molar-refractivity contribution in [2.45, 2.75) is 30.7 Å². The summed E-state index contributed by atoms with van der Waals surface area (Å²) in [5.41, 5.74) is 2.54. The Morgan fingerprint density at radius 2 is 1.68 bits per heavy atom. The number of carbonyl (C=O) groups is 3. The van der Waals surface area contributed by atoms with Gasteiger partial charge in [0.25, 0.3) is 0 Å². The number of hydrogen-bond acceptors (Lipinski definition) is 7. The lowest BCUT2D eigenvalue weighted by Crippen LogP contribution is -2.43. The summed E-state index contributed by atoms with van der Waals surface area (Å²) in [5, 5.41) is 2.76. The van der Waals surface area contributed by atoms with E-state index in [1.165, 1.54) is 28.8 Å². The quantitative estimate of drug-likeness (QED) is 0.199. The zero-order valence-electron chi connectivity index (χ0n) is 25.5. The van der Waals surface area contributed by atoms with Crippen LogP contribution >= 0.6 is 11.8 Å². The van der Waals surface area contributed by atoms with Gasteiger partial charge < -0.3 is 14.8 Å². The maximum Gasteiger partial charge on any atom is 0.410 e. The van der Waals surface area contributed by atoms with Crippen molar-refractivity contribution >= 4 is 46.2 Å². The monoisotopic (exact) mass is 652 g/mol. The first-order valence-electron chi connectivity index (χ1n) is 15.3. The van der Waals surface area contributed by atoms with Gasteiger partial charge in [0.1, 0.15) is 36.1 Å². The molecule has 2 saturated heterocycles. The molecule has 3 amide bonds. The van der Waals surface area contributed by atoms with Gasteiger partial charge in [-0.3, -0.25) is 19.4 Å². The average Bonchev–Trinajstić information content (AvgIpc) is 3.70. The number of aliphatic imine (C=N–C) groups is 1. The van der Waals surface area contributed by atoms with E-state index in [4.69, 9.17) is 9.47 Å².